The minimum Gasteiger partial charge on any atom is -0.343 e. The van der Waals surface area contributed by atoms with Gasteiger partial charge in [0.05, 0.1) is 5.69 Å². The fraction of sp³-hybridized carbons (Fsp3) is 0.556. The van der Waals surface area contributed by atoms with E-state index in [-0.39, 0.29) is 11.6 Å². The highest BCUT2D eigenvalue weighted by atomic mass is 16.2. The number of aryl methyl sites for hydroxylation is 1. The Hall–Kier alpha value is -1.92. The van der Waals surface area contributed by atoms with Gasteiger partial charge in [-0.1, -0.05) is 5.22 Å². The Bertz CT molecular complexity index is 406. The lowest BCUT2D eigenvalue weighted by atomic mass is 10.3. The van der Waals surface area contributed by atoms with Crippen LogP contribution in [0.2, 0.25) is 0 Å². The van der Waals surface area contributed by atoms with Crippen molar-refractivity contribution < 1.29 is 4.79 Å². The molecule has 0 aromatic carbocycles. The molecule has 0 atom stereocenters. The van der Waals surface area contributed by atoms with Crippen molar-refractivity contribution in [3.8, 4) is 0 Å². The van der Waals surface area contributed by atoms with E-state index in [1.807, 2.05) is 0 Å². The van der Waals surface area contributed by atoms with Gasteiger partial charge in [-0.05, 0) is 6.92 Å². The summed E-state index contributed by atoms with van der Waals surface area (Å²) < 4.78 is 0. The lowest BCUT2D eigenvalue weighted by Crippen LogP contribution is -2.22. The van der Waals surface area contributed by atoms with Crippen LogP contribution < -0.4 is 0 Å². The second-order valence-electron chi connectivity index (χ2n) is 3.78. The Morgan fingerprint density at radius 3 is 2.44 bits per heavy atom. The summed E-state index contributed by atoms with van der Waals surface area (Å²) >= 11 is 0. The van der Waals surface area contributed by atoms with Crippen LogP contribution in [0.3, 0.4) is 0 Å². The maximum Gasteiger partial charge on any atom is 0.276 e. The van der Waals surface area contributed by atoms with Gasteiger partial charge in [-0.25, -0.2) is 0 Å². The topological polar surface area (TPSA) is 77.0 Å². The zero-order valence-corrected chi connectivity index (χ0v) is 10.1. The minimum absolute atomic E-state index is 0.197. The van der Waals surface area contributed by atoms with Crippen molar-refractivity contribution in [3.63, 3.8) is 0 Å². The summed E-state index contributed by atoms with van der Waals surface area (Å²) in [5.41, 5.74) is 1.48. The van der Waals surface area contributed by atoms with Crippen molar-refractivity contribution in [1.82, 2.24) is 20.1 Å². The van der Waals surface area contributed by atoms with Crippen LogP contribution in [0.1, 0.15) is 16.2 Å². The third-order valence-corrected chi connectivity index (χ3v) is 1.85. The van der Waals surface area contributed by atoms with E-state index in [2.05, 4.69) is 20.5 Å². The molecule has 1 heterocycles. The van der Waals surface area contributed by atoms with Gasteiger partial charge in [0.25, 0.3) is 5.91 Å². The molecule has 1 N–H and O–H groups in total. The molecular formula is C9H16N6O. The van der Waals surface area contributed by atoms with E-state index >= 15 is 0 Å². The van der Waals surface area contributed by atoms with Gasteiger partial charge in [-0.2, -0.15) is 5.10 Å². The molecule has 0 spiro atoms. The Morgan fingerprint density at radius 2 is 1.94 bits per heavy atom. The van der Waals surface area contributed by atoms with Crippen LogP contribution in [0.5, 0.6) is 0 Å². The Balaban J connectivity index is 3.08. The first-order chi connectivity index (χ1) is 7.43. The summed E-state index contributed by atoms with van der Waals surface area (Å²) in [6, 6.07) is 0. The molecule has 0 fully saturated rings. The first-order valence-electron chi connectivity index (χ1n) is 4.79. The highest BCUT2D eigenvalue weighted by Gasteiger charge is 2.19. The van der Waals surface area contributed by atoms with Gasteiger partial charge in [-0.3, -0.25) is 14.9 Å². The smallest absolute Gasteiger partial charge is 0.276 e. The monoisotopic (exact) mass is 224 g/mol. The van der Waals surface area contributed by atoms with Gasteiger partial charge >= 0.3 is 0 Å². The van der Waals surface area contributed by atoms with E-state index in [1.165, 1.54) is 4.90 Å². The molecule has 0 saturated carbocycles. The highest BCUT2D eigenvalue weighted by Crippen LogP contribution is 2.22. The molecule has 88 valence electrons. The number of aromatic amines is 1. The maximum atomic E-state index is 11.8. The molecule has 0 aliphatic rings. The molecular weight excluding hydrogens is 208 g/mol. The van der Waals surface area contributed by atoms with Crippen molar-refractivity contribution in [3.05, 3.63) is 11.4 Å². The first kappa shape index (κ1) is 12.2. The number of hydrogen-bond donors (Lipinski definition) is 1. The van der Waals surface area contributed by atoms with E-state index in [9.17, 15) is 4.79 Å². The van der Waals surface area contributed by atoms with Crippen molar-refractivity contribution in [1.29, 1.82) is 0 Å². The molecule has 0 bridgehead atoms. The fourth-order valence-corrected chi connectivity index (χ4v) is 1.04. The molecule has 1 aromatic heterocycles. The van der Waals surface area contributed by atoms with Gasteiger partial charge in [-0.15, -0.1) is 5.11 Å². The second-order valence-corrected chi connectivity index (χ2v) is 3.78. The molecule has 1 amide bonds. The average molecular weight is 224 g/mol. The average Bonchev–Trinajstić information content (AvgIpc) is 2.55. The molecule has 16 heavy (non-hydrogen) atoms. The SMILES string of the molecule is Cc1[nH]nc(C(=O)N(C)C)c1N=NN(C)C. The Morgan fingerprint density at radius 1 is 1.31 bits per heavy atom. The molecule has 0 aliphatic carbocycles. The van der Waals surface area contributed by atoms with Gasteiger partial charge in [0.1, 0.15) is 5.69 Å². The van der Waals surface area contributed by atoms with E-state index in [4.69, 9.17) is 0 Å². The quantitative estimate of drug-likeness (QED) is 0.614. The number of nitrogens with zero attached hydrogens (tertiary/aromatic N) is 5. The van der Waals surface area contributed by atoms with Crippen molar-refractivity contribution in [2.75, 3.05) is 28.2 Å². The lowest BCUT2D eigenvalue weighted by Gasteiger charge is -2.08. The standard InChI is InChI=1S/C9H16N6O/c1-6-7(12-13-15(4)5)8(11-10-6)9(16)14(2)3/h1-5H3,(H,10,11). The Labute approximate surface area is 94.1 Å². The predicted molar refractivity (Wildman–Crippen MR) is 59.5 cm³/mol. The van der Waals surface area contributed by atoms with Crippen molar-refractivity contribution >= 4 is 11.6 Å². The second kappa shape index (κ2) is 4.73. The summed E-state index contributed by atoms with van der Waals surface area (Å²) in [6.07, 6.45) is 0. The van der Waals surface area contributed by atoms with Gasteiger partial charge in [0.15, 0.2) is 5.69 Å². The number of aromatic nitrogens is 2. The van der Waals surface area contributed by atoms with Crippen LogP contribution in [-0.4, -0.2) is 54.2 Å². The summed E-state index contributed by atoms with van der Waals surface area (Å²) in [7, 11) is 6.84. The number of carbonyl (C=O) groups excluding carboxylic acids is 1. The molecule has 1 aromatic rings. The number of amides is 1. The number of rotatable bonds is 3. The van der Waals surface area contributed by atoms with E-state index in [0.29, 0.717) is 5.69 Å². The van der Waals surface area contributed by atoms with E-state index < -0.39 is 0 Å². The number of nitrogens with one attached hydrogen (secondary N) is 1. The molecule has 7 nitrogen and oxygen atoms in total. The fourth-order valence-electron chi connectivity index (χ4n) is 1.04. The number of carbonyl (C=O) groups is 1. The Kier molecular flexibility index (Phi) is 3.60. The molecule has 0 radical (unpaired) electrons. The van der Waals surface area contributed by atoms with Crippen LogP contribution >= 0.6 is 0 Å². The molecule has 7 heteroatoms. The lowest BCUT2D eigenvalue weighted by molar-refractivity contribution is 0.0822. The van der Waals surface area contributed by atoms with Gasteiger partial charge < -0.3 is 4.90 Å². The molecule has 0 saturated heterocycles. The van der Waals surface area contributed by atoms with Crippen LogP contribution in [0.25, 0.3) is 0 Å². The van der Waals surface area contributed by atoms with Crippen LogP contribution in [-0.2, 0) is 0 Å². The maximum absolute atomic E-state index is 11.8. The largest absolute Gasteiger partial charge is 0.343 e. The normalized spacial score (nSPS) is 10.8. The van der Waals surface area contributed by atoms with Crippen molar-refractivity contribution in [2.45, 2.75) is 6.92 Å². The zero-order valence-electron chi connectivity index (χ0n) is 10.1. The molecule has 1 rings (SSSR count). The first-order valence-corrected chi connectivity index (χ1v) is 4.79. The highest BCUT2D eigenvalue weighted by molar-refractivity contribution is 5.97. The number of H-pyrrole nitrogens is 1. The van der Waals surface area contributed by atoms with Crippen LogP contribution in [0, 0.1) is 6.92 Å². The van der Waals surface area contributed by atoms with Crippen molar-refractivity contribution in [2.24, 2.45) is 10.3 Å². The summed E-state index contributed by atoms with van der Waals surface area (Å²) in [6.45, 7) is 1.80. The number of hydrogen-bond acceptors (Lipinski definition) is 4. The zero-order chi connectivity index (χ0) is 12.3. The van der Waals surface area contributed by atoms with E-state index in [0.717, 1.165) is 5.69 Å². The summed E-state index contributed by atoms with van der Waals surface area (Å²) in [5.74, 6) is -0.197. The van der Waals surface area contributed by atoms with E-state index in [1.54, 1.807) is 40.1 Å². The van der Waals surface area contributed by atoms with Gasteiger partial charge in [0, 0.05) is 28.2 Å². The molecule has 0 unspecified atom stereocenters. The summed E-state index contributed by atoms with van der Waals surface area (Å²) in [4.78, 5) is 13.2. The predicted octanol–water partition coefficient (Wildman–Crippen LogP) is 0.980. The third kappa shape index (κ3) is 2.56. The molecule has 0 aliphatic heterocycles. The van der Waals surface area contributed by atoms with Crippen LogP contribution in [0.4, 0.5) is 5.69 Å². The third-order valence-electron chi connectivity index (χ3n) is 1.85. The minimum atomic E-state index is -0.197. The van der Waals surface area contributed by atoms with Gasteiger partial charge in [0.2, 0.25) is 0 Å². The van der Waals surface area contributed by atoms with Crippen LogP contribution in [0.15, 0.2) is 10.3 Å². The summed E-state index contributed by atoms with van der Waals surface area (Å²) in [5, 5.41) is 16.0.